The van der Waals surface area contributed by atoms with E-state index in [2.05, 4.69) is 0 Å². The van der Waals surface area contributed by atoms with Crippen molar-refractivity contribution in [3.63, 3.8) is 0 Å². The summed E-state index contributed by atoms with van der Waals surface area (Å²) in [5, 5.41) is 0. The van der Waals surface area contributed by atoms with E-state index in [0.29, 0.717) is 11.5 Å². The Morgan fingerprint density at radius 3 is 2.26 bits per heavy atom. The quantitative estimate of drug-likeness (QED) is 0.614. The van der Waals surface area contributed by atoms with Crippen LogP contribution >= 0.6 is 0 Å². The molecule has 5 heteroatoms. The first-order chi connectivity index (χ1) is 8.85. The molecule has 0 aromatic heterocycles. The summed E-state index contributed by atoms with van der Waals surface area (Å²) in [5.41, 5.74) is 0.852. The minimum atomic E-state index is -1.84. The number of hydrogen-bond acceptors (Lipinski definition) is 4. The van der Waals surface area contributed by atoms with Gasteiger partial charge in [0, 0.05) is 6.08 Å². The molecule has 1 aromatic carbocycles. The van der Waals surface area contributed by atoms with Gasteiger partial charge in [-0.3, -0.25) is 0 Å². The lowest BCUT2D eigenvalue weighted by atomic mass is 10.2. The second-order valence-electron chi connectivity index (χ2n) is 4.98. The van der Waals surface area contributed by atoms with E-state index >= 15 is 0 Å². The molecule has 19 heavy (non-hydrogen) atoms. The minimum absolute atomic E-state index is 0.311. The van der Waals surface area contributed by atoms with Crippen LogP contribution in [-0.2, 0) is 9.22 Å². The standard InChI is InChI=1S/C14H20O4Si/c1-16-12-8-6-11(10-13(12)17-2)7-9-14(15)18-19(3,4)5/h6-10H,1-5H3. The fourth-order valence-electron chi connectivity index (χ4n) is 1.46. The van der Waals surface area contributed by atoms with Crippen LogP contribution < -0.4 is 9.47 Å². The molecule has 4 nitrogen and oxygen atoms in total. The van der Waals surface area contributed by atoms with Gasteiger partial charge in [0.1, 0.15) is 0 Å². The van der Waals surface area contributed by atoms with Gasteiger partial charge in [0.15, 0.2) is 11.5 Å². The second-order valence-corrected chi connectivity index (χ2v) is 9.41. The van der Waals surface area contributed by atoms with Crippen LogP contribution in [0.2, 0.25) is 19.6 Å². The Kier molecular flexibility index (Phi) is 5.17. The number of benzene rings is 1. The number of rotatable bonds is 5. The molecule has 0 N–H and O–H groups in total. The van der Waals surface area contributed by atoms with Crippen molar-refractivity contribution in [2.75, 3.05) is 14.2 Å². The van der Waals surface area contributed by atoms with Gasteiger partial charge in [0.05, 0.1) is 14.2 Å². The van der Waals surface area contributed by atoms with Gasteiger partial charge in [0.25, 0.3) is 0 Å². The van der Waals surface area contributed by atoms with Crippen LogP contribution in [0.1, 0.15) is 5.56 Å². The zero-order valence-electron chi connectivity index (χ0n) is 12.0. The van der Waals surface area contributed by atoms with Gasteiger partial charge in [-0.25, -0.2) is 4.79 Å². The fraction of sp³-hybridized carbons (Fsp3) is 0.357. The SMILES string of the molecule is COc1ccc(C=CC(=O)O[Si](C)(C)C)cc1OC. The number of methoxy groups -OCH3 is 2. The average Bonchev–Trinajstić information content (AvgIpc) is 2.33. The molecule has 0 aliphatic carbocycles. The van der Waals surface area contributed by atoms with Gasteiger partial charge in [-0.1, -0.05) is 6.07 Å². The topological polar surface area (TPSA) is 44.8 Å². The highest BCUT2D eigenvalue weighted by Gasteiger charge is 2.18. The van der Waals surface area contributed by atoms with E-state index in [0.717, 1.165) is 5.56 Å². The number of carbonyl (C=O) groups is 1. The van der Waals surface area contributed by atoms with Crippen molar-refractivity contribution in [1.29, 1.82) is 0 Å². The van der Waals surface area contributed by atoms with Crippen molar-refractivity contribution in [1.82, 2.24) is 0 Å². The summed E-state index contributed by atoms with van der Waals surface area (Å²) in [7, 11) is 1.32. The van der Waals surface area contributed by atoms with E-state index in [1.807, 2.05) is 25.7 Å². The maximum atomic E-state index is 11.6. The van der Waals surface area contributed by atoms with Crippen LogP contribution in [0.25, 0.3) is 6.08 Å². The lowest BCUT2D eigenvalue weighted by Crippen LogP contribution is -2.28. The summed E-state index contributed by atoms with van der Waals surface area (Å²) in [5.74, 6) is 0.974. The van der Waals surface area contributed by atoms with Crippen LogP contribution in [0, 0.1) is 0 Å². The monoisotopic (exact) mass is 280 g/mol. The smallest absolute Gasteiger partial charge is 0.317 e. The van der Waals surface area contributed by atoms with Crippen molar-refractivity contribution in [3.8, 4) is 11.5 Å². The maximum Gasteiger partial charge on any atom is 0.317 e. The molecule has 104 valence electrons. The summed E-state index contributed by atoms with van der Waals surface area (Å²) < 4.78 is 15.7. The van der Waals surface area contributed by atoms with Gasteiger partial charge in [-0.15, -0.1) is 0 Å². The van der Waals surface area contributed by atoms with Crippen molar-refractivity contribution >= 4 is 20.4 Å². The summed E-state index contributed by atoms with van der Waals surface area (Å²) >= 11 is 0. The molecule has 1 aromatic rings. The molecule has 0 aliphatic heterocycles. The number of hydrogen-bond donors (Lipinski definition) is 0. The average molecular weight is 280 g/mol. The number of ether oxygens (including phenoxy) is 2. The first kappa shape index (κ1) is 15.3. The second kappa shape index (κ2) is 6.42. The Morgan fingerprint density at radius 1 is 1.11 bits per heavy atom. The third kappa shape index (κ3) is 5.17. The zero-order chi connectivity index (χ0) is 14.5. The molecule has 0 unspecified atom stereocenters. The predicted molar refractivity (Wildman–Crippen MR) is 78.0 cm³/mol. The molecule has 0 saturated heterocycles. The molecule has 0 saturated carbocycles. The van der Waals surface area contributed by atoms with Gasteiger partial charge in [-0.05, 0) is 43.4 Å². The summed E-state index contributed by atoms with van der Waals surface area (Å²) in [6.07, 6.45) is 3.13. The minimum Gasteiger partial charge on any atom is -0.517 e. The van der Waals surface area contributed by atoms with Gasteiger partial charge in [-0.2, -0.15) is 0 Å². The highest BCUT2D eigenvalue weighted by atomic mass is 28.4. The van der Waals surface area contributed by atoms with E-state index in [1.165, 1.54) is 6.08 Å². The van der Waals surface area contributed by atoms with Gasteiger partial charge < -0.3 is 13.9 Å². The first-order valence-corrected chi connectivity index (χ1v) is 9.39. The highest BCUT2D eigenvalue weighted by molar-refractivity contribution is 6.71. The van der Waals surface area contributed by atoms with Crippen LogP contribution in [0.15, 0.2) is 24.3 Å². The van der Waals surface area contributed by atoms with Gasteiger partial charge >= 0.3 is 5.97 Å². The predicted octanol–water partition coefficient (Wildman–Crippen LogP) is 3.10. The Bertz CT molecular complexity index is 475. The lowest BCUT2D eigenvalue weighted by molar-refractivity contribution is -0.129. The van der Waals surface area contributed by atoms with E-state index in [9.17, 15) is 4.79 Å². The van der Waals surface area contributed by atoms with Gasteiger partial charge in [0.2, 0.25) is 8.32 Å². The van der Waals surface area contributed by atoms with Crippen LogP contribution in [0.4, 0.5) is 0 Å². The molecular weight excluding hydrogens is 260 g/mol. The Balaban J connectivity index is 2.80. The fourth-order valence-corrected chi connectivity index (χ4v) is 2.13. The molecule has 0 bridgehead atoms. The normalized spacial score (nSPS) is 11.4. The summed E-state index contributed by atoms with van der Waals surface area (Å²) in [6.45, 7) is 5.90. The van der Waals surface area contributed by atoms with Crippen molar-refractivity contribution < 1.29 is 18.7 Å². The molecule has 0 spiro atoms. The largest absolute Gasteiger partial charge is 0.517 e. The van der Waals surface area contributed by atoms with Crippen molar-refractivity contribution in [2.45, 2.75) is 19.6 Å². The summed E-state index contributed by atoms with van der Waals surface area (Å²) in [4.78, 5) is 11.6. The molecule has 0 atom stereocenters. The Labute approximate surface area is 115 Å². The van der Waals surface area contributed by atoms with Crippen LogP contribution in [0.5, 0.6) is 11.5 Å². The van der Waals surface area contributed by atoms with E-state index in [-0.39, 0.29) is 5.97 Å². The molecular formula is C14H20O4Si. The molecule has 0 aliphatic rings. The first-order valence-electron chi connectivity index (χ1n) is 5.99. The van der Waals surface area contributed by atoms with Crippen LogP contribution in [-0.4, -0.2) is 28.5 Å². The van der Waals surface area contributed by atoms with E-state index in [1.54, 1.807) is 32.4 Å². The maximum absolute atomic E-state index is 11.6. The lowest BCUT2D eigenvalue weighted by Gasteiger charge is -2.15. The Hall–Kier alpha value is -1.75. The van der Waals surface area contributed by atoms with Crippen molar-refractivity contribution in [2.24, 2.45) is 0 Å². The summed E-state index contributed by atoms with van der Waals surface area (Å²) in [6, 6.07) is 5.44. The zero-order valence-corrected chi connectivity index (χ0v) is 13.0. The van der Waals surface area contributed by atoms with Crippen molar-refractivity contribution in [3.05, 3.63) is 29.8 Å². The highest BCUT2D eigenvalue weighted by Crippen LogP contribution is 2.27. The molecule has 0 radical (unpaired) electrons. The van der Waals surface area contributed by atoms with Crippen LogP contribution in [0.3, 0.4) is 0 Å². The van der Waals surface area contributed by atoms with E-state index < -0.39 is 8.32 Å². The molecule has 1 rings (SSSR count). The third-order valence-electron chi connectivity index (χ3n) is 2.23. The molecule has 0 fully saturated rings. The molecule has 0 heterocycles. The van der Waals surface area contributed by atoms with E-state index in [4.69, 9.17) is 13.9 Å². The molecule has 0 amide bonds. The Morgan fingerprint density at radius 2 is 1.74 bits per heavy atom. The number of carbonyl (C=O) groups excluding carboxylic acids is 1. The third-order valence-corrected chi connectivity index (χ3v) is 3.04.